The van der Waals surface area contributed by atoms with Gasteiger partial charge in [0.25, 0.3) is 0 Å². The number of hydrogen-bond donors (Lipinski definition) is 1. The number of hydrogen-bond acceptors (Lipinski definition) is 4. The lowest BCUT2D eigenvalue weighted by Gasteiger charge is -2.27. The van der Waals surface area contributed by atoms with Gasteiger partial charge in [-0.15, -0.1) is 0 Å². The van der Waals surface area contributed by atoms with Crippen molar-refractivity contribution in [2.24, 2.45) is 0 Å². The maximum Gasteiger partial charge on any atom is 0.156 e. The first-order valence-electron chi connectivity index (χ1n) is 6.89. The monoisotopic (exact) mass is 334 g/mol. The van der Waals surface area contributed by atoms with Crippen molar-refractivity contribution >= 4 is 34.6 Å². The summed E-state index contributed by atoms with van der Waals surface area (Å²) in [6, 6.07) is 5.08. The van der Waals surface area contributed by atoms with Gasteiger partial charge in [-0.2, -0.15) is 5.10 Å². The van der Waals surface area contributed by atoms with E-state index in [-0.39, 0.29) is 10.8 Å². The largest absolute Gasteiger partial charge is 0.261 e. The molecule has 0 saturated carbocycles. The van der Waals surface area contributed by atoms with Crippen molar-refractivity contribution in [2.75, 3.05) is 6.54 Å². The Morgan fingerprint density at radius 3 is 3.14 bits per heavy atom. The number of aromatic amines is 1. The van der Waals surface area contributed by atoms with E-state index in [0.717, 1.165) is 36.1 Å². The van der Waals surface area contributed by atoms with Crippen LogP contribution in [0.3, 0.4) is 0 Å². The van der Waals surface area contributed by atoms with Gasteiger partial charge in [0.2, 0.25) is 0 Å². The Labute approximate surface area is 135 Å². The van der Waals surface area contributed by atoms with Crippen LogP contribution in [0.25, 0.3) is 11.0 Å². The molecule has 0 radical (unpaired) electrons. The number of rotatable bonds is 2. The van der Waals surface area contributed by atoms with Gasteiger partial charge in [0.15, 0.2) is 11.5 Å². The summed E-state index contributed by atoms with van der Waals surface area (Å²) in [4.78, 5) is 4.93. The molecule has 0 bridgehead atoms. The lowest BCUT2D eigenvalue weighted by atomic mass is 10.0. The molecule has 22 heavy (non-hydrogen) atoms. The Kier molecular flexibility index (Phi) is 3.52. The molecule has 3 aromatic rings. The van der Waals surface area contributed by atoms with Crippen molar-refractivity contribution in [3.05, 3.63) is 52.6 Å². The second-order valence-corrected chi connectivity index (χ2v) is 6.70. The first-order chi connectivity index (χ1) is 10.7. The molecule has 0 atom stereocenters. The number of nitrogens with zero attached hydrogens (tertiary/aromatic N) is 3. The Bertz CT molecular complexity index is 851. The minimum Gasteiger partial charge on any atom is -0.261 e. The van der Waals surface area contributed by atoms with Crippen molar-refractivity contribution in [2.45, 2.75) is 17.9 Å². The summed E-state index contributed by atoms with van der Waals surface area (Å²) in [5.74, 6) is -0.358. The van der Waals surface area contributed by atoms with Gasteiger partial charge in [-0.1, -0.05) is 17.7 Å². The van der Waals surface area contributed by atoms with Gasteiger partial charge in [0.05, 0.1) is 16.1 Å². The summed E-state index contributed by atoms with van der Waals surface area (Å²) in [5, 5.41) is 8.17. The van der Waals surface area contributed by atoms with Crippen molar-refractivity contribution in [1.82, 2.24) is 19.5 Å². The highest BCUT2D eigenvalue weighted by Crippen LogP contribution is 2.34. The van der Waals surface area contributed by atoms with E-state index in [1.54, 1.807) is 18.2 Å². The van der Waals surface area contributed by atoms with Crippen LogP contribution in [0.2, 0.25) is 5.02 Å². The maximum absolute atomic E-state index is 14.0. The number of nitrogens with one attached hydrogen (secondary N) is 1. The van der Waals surface area contributed by atoms with E-state index in [9.17, 15) is 4.39 Å². The van der Waals surface area contributed by atoms with Gasteiger partial charge in [0, 0.05) is 24.7 Å². The molecule has 0 saturated heterocycles. The summed E-state index contributed by atoms with van der Waals surface area (Å²) in [5.41, 5.74) is 3.26. The lowest BCUT2D eigenvalue weighted by Crippen LogP contribution is -2.25. The van der Waals surface area contributed by atoms with Crippen molar-refractivity contribution in [3.63, 3.8) is 0 Å². The first-order valence-corrected chi connectivity index (χ1v) is 8.04. The average molecular weight is 335 g/mol. The smallest absolute Gasteiger partial charge is 0.156 e. The fraction of sp³-hybridized carbons (Fsp3) is 0.200. The van der Waals surface area contributed by atoms with Crippen LogP contribution in [-0.4, -0.2) is 26.0 Å². The number of aromatic nitrogens is 3. The highest BCUT2D eigenvalue weighted by Gasteiger charge is 2.21. The third-order valence-corrected chi connectivity index (χ3v) is 5.16. The van der Waals surface area contributed by atoms with Gasteiger partial charge in [-0.05, 0) is 41.6 Å². The molecule has 1 N–H and O–H groups in total. The Morgan fingerprint density at radius 1 is 1.32 bits per heavy atom. The average Bonchev–Trinajstić information content (AvgIpc) is 3.00. The molecular formula is C15H12ClFN4S. The summed E-state index contributed by atoms with van der Waals surface area (Å²) >= 11 is 7.24. The number of H-pyrrole nitrogens is 1. The van der Waals surface area contributed by atoms with Crippen LogP contribution < -0.4 is 0 Å². The van der Waals surface area contributed by atoms with Crippen molar-refractivity contribution in [1.29, 1.82) is 0 Å². The molecule has 0 aliphatic carbocycles. The van der Waals surface area contributed by atoms with Crippen molar-refractivity contribution in [3.8, 4) is 0 Å². The zero-order valence-corrected chi connectivity index (χ0v) is 13.1. The second-order valence-electron chi connectivity index (χ2n) is 5.15. The number of fused-ring (bicyclic) bond motifs is 3. The summed E-state index contributed by atoms with van der Waals surface area (Å²) < 4.78 is 16.1. The van der Waals surface area contributed by atoms with Crippen LogP contribution in [0, 0.1) is 5.82 Å². The van der Waals surface area contributed by atoms with Crippen LogP contribution in [0.1, 0.15) is 11.1 Å². The van der Waals surface area contributed by atoms with Crippen LogP contribution in [-0.2, 0) is 13.0 Å². The van der Waals surface area contributed by atoms with Gasteiger partial charge in [-0.25, -0.2) is 13.7 Å². The Morgan fingerprint density at radius 2 is 2.23 bits per heavy atom. The molecule has 0 fully saturated rings. The molecule has 0 unspecified atom stereocenters. The highest BCUT2D eigenvalue weighted by molar-refractivity contribution is 7.97. The summed E-state index contributed by atoms with van der Waals surface area (Å²) in [6.45, 7) is 1.56. The predicted octanol–water partition coefficient (Wildman–Crippen LogP) is 3.82. The minimum atomic E-state index is -0.358. The Balaban J connectivity index is 1.60. The van der Waals surface area contributed by atoms with E-state index >= 15 is 0 Å². The molecule has 1 aliphatic rings. The van der Waals surface area contributed by atoms with Gasteiger partial charge in [-0.3, -0.25) is 5.10 Å². The van der Waals surface area contributed by atoms with Crippen LogP contribution in [0.5, 0.6) is 0 Å². The molecule has 1 aromatic carbocycles. The zero-order valence-electron chi connectivity index (χ0n) is 11.5. The fourth-order valence-corrected chi connectivity index (χ4v) is 3.92. The third kappa shape index (κ3) is 2.37. The zero-order chi connectivity index (χ0) is 15.1. The fourth-order valence-electron chi connectivity index (χ4n) is 2.70. The quantitative estimate of drug-likeness (QED) is 0.724. The number of benzene rings is 1. The molecule has 0 spiro atoms. The first kappa shape index (κ1) is 14.0. The number of halogens is 2. The lowest BCUT2D eigenvalue weighted by molar-refractivity contribution is 0.443. The maximum atomic E-state index is 14.0. The topological polar surface area (TPSA) is 44.8 Å². The second kappa shape index (κ2) is 5.53. The molecule has 3 heterocycles. The van der Waals surface area contributed by atoms with E-state index in [2.05, 4.69) is 19.5 Å². The van der Waals surface area contributed by atoms with E-state index < -0.39 is 0 Å². The highest BCUT2D eigenvalue weighted by atomic mass is 35.5. The van der Waals surface area contributed by atoms with E-state index in [4.69, 9.17) is 11.6 Å². The molecule has 1 aliphatic heterocycles. The van der Waals surface area contributed by atoms with E-state index in [1.807, 2.05) is 12.4 Å². The predicted molar refractivity (Wildman–Crippen MR) is 85.3 cm³/mol. The van der Waals surface area contributed by atoms with Gasteiger partial charge >= 0.3 is 0 Å². The van der Waals surface area contributed by atoms with Crippen LogP contribution in [0.15, 0.2) is 35.5 Å². The van der Waals surface area contributed by atoms with Crippen molar-refractivity contribution < 1.29 is 4.39 Å². The molecular weight excluding hydrogens is 323 g/mol. The van der Waals surface area contributed by atoms with Gasteiger partial charge in [0.1, 0.15) is 0 Å². The third-order valence-electron chi connectivity index (χ3n) is 3.78. The number of pyridine rings is 1. The molecule has 112 valence electrons. The summed E-state index contributed by atoms with van der Waals surface area (Å²) in [6.07, 6.45) is 4.58. The molecule has 4 rings (SSSR count). The molecule has 2 aromatic heterocycles. The van der Waals surface area contributed by atoms with E-state index in [0.29, 0.717) is 4.90 Å². The SMILES string of the molecule is Fc1c(Cl)cccc1SN1CCc2c(cnc3[nH]ncc23)C1. The minimum absolute atomic E-state index is 0.157. The Hall–Kier alpha value is -1.63. The van der Waals surface area contributed by atoms with Gasteiger partial charge < -0.3 is 0 Å². The summed E-state index contributed by atoms with van der Waals surface area (Å²) in [7, 11) is 0. The molecule has 4 nitrogen and oxygen atoms in total. The molecule has 0 amide bonds. The normalized spacial score (nSPS) is 15.2. The standard InChI is InChI=1S/C15H12ClFN4S/c16-12-2-1-3-13(14(12)17)22-21-5-4-10-9(8-21)6-18-15-11(10)7-19-20-15/h1-3,6-7H,4-5,8H2,(H,18,19,20). The molecule has 7 heteroatoms. The van der Waals surface area contributed by atoms with Crippen LogP contribution in [0.4, 0.5) is 4.39 Å². The van der Waals surface area contributed by atoms with Crippen LogP contribution >= 0.6 is 23.5 Å². The van der Waals surface area contributed by atoms with E-state index in [1.165, 1.54) is 17.5 Å².